The lowest BCUT2D eigenvalue weighted by molar-refractivity contribution is -0.114. The van der Waals surface area contributed by atoms with E-state index in [9.17, 15) is 4.79 Å². The Kier molecular flexibility index (Phi) is 5.83. The minimum absolute atomic E-state index is 0.0532. The van der Waals surface area contributed by atoms with Gasteiger partial charge in [0.1, 0.15) is 16.9 Å². The molecule has 1 saturated heterocycles. The molecule has 0 N–H and O–H groups in total. The SMILES string of the molecule is O=C1/C(=C/c2ccc(-c3ccc(Cl)c(Cl)c3)o2)S[C@H](c2ccccc2)N1c1ccccc1. The Bertz CT molecular complexity index is 1300. The Hall–Kier alpha value is -2.92. The summed E-state index contributed by atoms with van der Waals surface area (Å²) in [7, 11) is 0. The number of thioether (sulfide) groups is 1. The fraction of sp³-hybridized carbons (Fsp3) is 0.0385. The molecular formula is C26H17Cl2NO2S. The minimum atomic E-state index is -0.151. The van der Waals surface area contributed by atoms with E-state index in [0.29, 0.717) is 26.5 Å². The molecule has 1 aliphatic heterocycles. The molecule has 6 heteroatoms. The summed E-state index contributed by atoms with van der Waals surface area (Å²) in [4.78, 5) is 15.9. The van der Waals surface area contributed by atoms with E-state index < -0.39 is 0 Å². The van der Waals surface area contributed by atoms with Crippen molar-refractivity contribution in [2.45, 2.75) is 5.37 Å². The molecule has 1 aromatic heterocycles. The highest BCUT2D eigenvalue weighted by Gasteiger charge is 2.38. The Morgan fingerprint density at radius 3 is 2.28 bits per heavy atom. The molecule has 1 aliphatic rings. The third-order valence-corrected chi connectivity index (χ3v) is 7.12. The zero-order valence-electron chi connectivity index (χ0n) is 16.7. The molecule has 32 heavy (non-hydrogen) atoms. The monoisotopic (exact) mass is 477 g/mol. The molecule has 2 heterocycles. The molecule has 1 atom stereocenters. The highest BCUT2D eigenvalue weighted by Crippen LogP contribution is 2.48. The van der Waals surface area contributed by atoms with Crippen molar-refractivity contribution in [1.29, 1.82) is 0 Å². The molecule has 1 amide bonds. The number of para-hydroxylation sites is 1. The Balaban J connectivity index is 1.49. The molecular weight excluding hydrogens is 461 g/mol. The van der Waals surface area contributed by atoms with Crippen molar-refractivity contribution in [3.8, 4) is 11.3 Å². The Morgan fingerprint density at radius 1 is 0.844 bits per heavy atom. The average molecular weight is 478 g/mol. The number of carbonyl (C=O) groups is 1. The van der Waals surface area contributed by atoms with Crippen molar-refractivity contribution < 1.29 is 9.21 Å². The van der Waals surface area contributed by atoms with Gasteiger partial charge in [-0.05, 0) is 48.0 Å². The van der Waals surface area contributed by atoms with Crippen LogP contribution in [0, 0.1) is 0 Å². The number of rotatable bonds is 4. The van der Waals surface area contributed by atoms with Crippen LogP contribution >= 0.6 is 35.0 Å². The second-order valence-corrected chi connectivity index (χ2v) is 9.17. The van der Waals surface area contributed by atoms with E-state index >= 15 is 0 Å². The average Bonchev–Trinajstić information content (AvgIpc) is 3.42. The summed E-state index contributed by atoms with van der Waals surface area (Å²) in [5.74, 6) is 1.21. The Morgan fingerprint density at radius 2 is 1.56 bits per heavy atom. The van der Waals surface area contributed by atoms with E-state index in [0.717, 1.165) is 16.8 Å². The van der Waals surface area contributed by atoms with E-state index in [1.807, 2.05) is 83.8 Å². The first-order valence-electron chi connectivity index (χ1n) is 9.97. The lowest BCUT2D eigenvalue weighted by atomic mass is 10.2. The molecule has 5 rings (SSSR count). The first-order valence-corrected chi connectivity index (χ1v) is 11.6. The predicted octanol–water partition coefficient (Wildman–Crippen LogP) is 8.07. The van der Waals surface area contributed by atoms with Gasteiger partial charge in [-0.15, -0.1) is 0 Å². The van der Waals surface area contributed by atoms with Crippen LogP contribution in [0.3, 0.4) is 0 Å². The predicted molar refractivity (Wildman–Crippen MR) is 133 cm³/mol. The van der Waals surface area contributed by atoms with Crippen molar-refractivity contribution in [3.05, 3.63) is 117 Å². The summed E-state index contributed by atoms with van der Waals surface area (Å²) in [5.41, 5.74) is 2.75. The van der Waals surface area contributed by atoms with E-state index in [-0.39, 0.29) is 11.3 Å². The van der Waals surface area contributed by atoms with Gasteiger partial charge in [-0.25, -0.2) is 0 Å². The number of hydrogen-bond donors (Lipinski definition) is 0. The second-order valence-electron chi connectivity index (χ2n) is 7.23. The lowest BCUT2D eigenvalue weighted by Crippen LogP contribution is -2.27. The van der Waals surface area contributed by atoms with Gasteiger partial charge in [0.15, 0.2) is 0 Å². The standard InChI is InChI=1S/C26H17Cl2NO2S/c27-21-13-11-18(15-22(21)28)23-14-12-20(31-23)16-24-25(30)29(19-9-5-2-6-10-19)26(32-24)17-7-3-1-4-8-17/h1-16,26H/b24-16-/t26-/m1/s1. The van der Waals surface area contributed by atoms with E-state index in [1.165, 1.54) is 11.8 Å². The van der Waals surface area contributed by atoms with E-state index in [4.69, 9.17) is 27.6 Å². The summed E-state index contributed by atoms with van der Waals surface area (Å²) >= 11 is 13.7. The molecule has 0 bridgehead atoms. The molecule has 1 fully saturated rings. The van der Waals surface area contributed by atoms with Gasteiger partial charge in [0.25, 0.3) is 5.91 Å². The number of benzene rings is 3. The van der Waals surface area contributed by atoms with Crippen molar-refractivity contribution in [1.82, 2.24) is 0 Å². The quantitative estimate of drug-likeness (QED) is 0.278. The summed E-state index contributed by atoms with van der Waals surface area (Å²) < 4.78 is 5.99. The van der Waals surface area contributed by atoms with Crippen LogP contribution in [-0.2, 0) is 4.79 Å². The van der Waals surface area contributed by atoms with Gasteiger partial charge in [0.05, 0.1) is 15.0 Å². The van der Waals surface area contributed by atoms with Gasteiger partial charge >= 0.3 is 0 Å². The fourth-order valence-electron chi connectivity index (χ4n) is 3.58. The first-order chi connectivity index (χ1) is 15.6. The van der Waals surface area contributed by atoms with Crippen LogP contribution in [0.25, 0.3) is 17.4 Å². The first kappa shape index (κ1) is 21.0. The van der Waals surface area contributed by atoms with Gasteiger partial charge < -0.3 is 4.42 Å². The third kappa shape index (κ3) is 4.09. The maximum Gasteiger partial charge on any atom is 0.266 e. The number of anilines is 1. The van der Waals surface area contributed by atoms with Gasteiger partial charge in [0.2, 0.25) is 0 Å². The van der Waals surface area contributed by atoms with Gasteiger partial charge in [-0.1, -0.05) is 83.5 Å². The van der Waals surface area contributed by atoms with Crippen molar-refractivity contribution in [2.75, 3.05) is 4.90 Å². The summed E-state index contributed by atoms with van der Waals surface area (Å²) in [6.45, 7) is 0. The van der Waals surface area contributed by atoms with Crippen molar-refractivity contribution in [2.24, 2.45) is 0 Å². The highest BCUT2D eigenvalue weighted by atomic mass is 35.5. The second kappa shape index (κ2) is 8.91. The van der Waals surface area contributed by atoms with Crippen LogP contribution in [0.15, 0.2) is 100 Å². The molecule has 0 radical (unpaired) electrons. The van der Waals surface area contributed by atoms with Crippen LogP contribution < -0.4 is 4.90 Å². The van der Waals surface area contributed by atoms with E-state index in [1.54, 1.807) is 18.2 Å². The van der Waals surface area contributed by atoms with Crippen molar-refractivity contribution >= 4 is 52.6 Å². The van der Waals surface area contributed by atoms with Crippen LogP contribution in [0.5, 0.6) is 0 Å². The number of amides is 1. The largest absolute Gasteiger partial charge is 0.457 e. The fourth-order valence-corrected chi connectivity index (χ4v) is 5.12. The molecule has 3 nitrogen and oxygen atoms in total. The normalized spacial score (nSPS) is 17.3. The lowest BCUT2D eigenvalue weighted by Gasteiger charge is -2.23. The van der Waals surface area contributed by atoms with E-state index in [2.05, 4.69) is 0 Å². The molecule has 3 aromatic carbocycles. The maximum atomic E-state index is 13.4. The van der Waals surface area contributed by atoms with Crippen LogP contribution in [-0.4, -0.2) is 5.91 Å². The van der Waals surface area contributed by atoms with Crippen molar-refractivity contribution in [3.63, 3.8) is 0 Å². The highest BCUT2D eigenvalue weighted by molar-refractivity contribution is 8.05. The summed E-state index contributed by atoms with van der Waals surface area (Å²) in [6.07, 6.45) is 1.80. The van der Waals surface area contributed by atoms with Crippen LogP contribution in [0.1, 0.15) is 16.7 Å². The zero-order valence-corrected chi connectivity index (χ0v) is 19.1. The maximum absolute atomic E-state index is 13.4. The molecule has 0 saturated carbocycles. The summed E-state index contributed by atoms with van der Waals surface area (Å²) in [5, 5.41) is 0.804. The van der Waals surface area contributed by atoms with Gasteiger partial charge in [0, 0.05) is 17.3 Å². The number of furan rings is 1. The summed E-state index contributed by atoms with van der Waals surface area (Å²) in [6, 6.07) is 28.8. The number of halogens is 2. The smallest absolute Gasteiger partial charge is 0.266 e. The van der Waals surface area contributed by atoms with Crippen LogP contribution in [0.4, 0.5) is 5.69 Å². The third-order valence-electron chi connectivity index (χ3n) is 5.13. The molecule has 158 valence electrons. The molecule has 4 aromatic rings. The topological polar surface area (TPSA) is 33.5 Å². The van der Waals surface area contributed by atoms with Gasteiger partial charge in [-0.2, -0.15) is 0 Å². The molecule has 0 unspecified atom stereocenters. The zero-order chi connectivity index (χ0) is 22.1. The molecule has 0 aliphatic carbocycles. The van der Waals surface area contributed by atoms with Crippen LogP contribution in [0.2, 0.25) is 10.0 Å². The number of hydrogen-bond acceptors (Lipinski definition) is 3. The minimum Gasteiger partial charge on any atom is -0.457 e. The Labute approximate surface area is 200 Å². The number of nitrogens with zero attached hydrogens (tertiary/aromatic N) is 1. The molecule has 0 spiro atoms. The number of carbonyl (C=O) groups excluding carboxylic acids is 1. The van der Waals surface area contributed by atoms with Gasteiger partial charge in [-0.3, -0.25) is 9.69 Å².